The van der Waals surface area contributed by atoms with Crippen LogP contribution in [0.2, 0.25) is 0 Å². The van der Waals surface area contributed by atoms with Crippen molar-refractivity contribution in [3.63, 3.8) is 0 Å². The fraction of sp³-hybridized carbons (Fsp3) is 0.900. The van der Waals surface area contributed by atoms with Gasteiger partial charge in [0.15, 0.2) is 0 Å². The van der Waals surface area contributed by atoms with Crippen LogP contribution in [0.1, 0.15) is 40.5 Å². The summed E-state index contributed by atoms with van der Waals surface area (Å²) in [5, 5.41) is 0. The number of carbonyl (C=O) groups is 1. The lowest BCUT2D eigenvalue weighted by Crippen LogP contribution is -2.49. The van der Waals surface area contributed by atoms with Gasteiger partial charge in [0.25, 0.3) is 0 Å². The Balaban J connectivity index is 4.39. The average molecular weight is 171 g/mol. The van der Waals surface area contributed by atoms with Gasteiger partial charge in [0, 0.05) is 0 Å². The van der Waals surface area contributed by atoms with E-state index in [1.807, 2.05) is 14.0 Å². The predicted octanol–water partition coefficient (Wildman–Crippen LogP) is 2.09. The fourth-order valence-corrected chi connectivity index (χ4v) is 1.37. The first-order valence-electron chi connectivity index (χ1n) is 4.71. The number of ketones is 1. The summed E-state index contributed by atoms with van der Waals surface area (Å²) in [5.74, 6) is 0.265. The second-order valence-corrected chi connectivity index (χ2v) is 3.61. The second-order valence-electron chi connectivity index (χ2n) is 3.61. The van der Waals surface area contributed by atoms with Crippen LogP contribution in [0.3, 0.4) is 0 Å². The quantitative estimate of drug-likeness (QED) is 0.631. The van der Waals surface area contributed by atoms with E-state index in [9.17, 15) is 4.79 Å². The molecular weight excluding hydrogens is 150 g/mol. The van der Waals surface area contributed by atoms with Crippen LogP contribution in [0.15, 0.2) is 0 Å². The maximum atomic E-state index is 11.4. The van der Waals surface area contributed by atoms with Crippen molar-refractivity contribution in [2.75, 3.05) is 13.6 Å². The molecule has 0 rings (SSSR count). The predicted molar refractivity (Wildman–Crippen MR) is 52.3 cm³/mol. The van der Waals surface area contributed by atoms with Gasteiger partial charge >= 0.3 is 0 Å². The third kappa shape index (κ3) is 2.31. The van der Waals surface area contributed by atoms with Crippen LogP contribution in [-0.2, 0) is 4.79 Å². The van der Waals surface area contributed by atoms with E-state index in [0.717, 1.165) is 19.4 Å². The third-order valence-electron chi connectivity index (χ3n) is 2.85. The molecule has 0 spiro atoms. The topological polar surface area (TPSA) is 20.3 Å². The zero-order chi connectivity index (χ0) is 9.78. The van der Waals surface area contributed by atoms with E-state index in [-0.39, 0.29) is 11.3 Å². The van der Waals surface area contributed by atoms with E-state index < -0.39 is 0 Å². The molecule has 0 aromatic heterocycles. The van der Waals surface area contributed by atoms with Gasteiger partial charge < -0.3 is 0 Å². The van der Waals surface area contributed by atoms with Crippen LogP contribution >= 0.6 is 0 Å². The summed E-state index contributed by atoms with van der Waals surface area (Å²) in [6.07, 6.45) is 1.98. The van der Waals surface area contributed by atoms with Gasteiger partial charge in [0.2, 0.25) is 0 Å². The smallest absolute Gasteiger partial charge is 0.149 e. The van der Waals surface area contributed by atoms with E-state index in [1.54, 1.807) is 6.92 Å². The van der Waals surface area contributed by atoms with Crippen LogP contribution in [-0.4, -0.2) is 29.8 Å². The lowest BCUT2D eigenvalue weighted by molar-refractivity contribution is -0.127. The molecule has 0 aromatic carbocycles. The van der Waals surface area contributed by atoms with Crippen LogP contribution in [0, 0.1) is 0 Å². The van der Waals surface area contributed by atoms with Crippen LogP contribution in [0.5, 0.6) is 0 Å². The Morgan fingerprint density at radius 3 is 2.17 bits per heavy atom. The van der Waals surface area contributed by atoms with Crippen molar-refractivity contribution < 1.29 is 4.79 Å². The van der Waals surface area contributed by atoms with Crippen molar-refractivity contribution in [1.82, 2.24) is 4.90 Å². The summed E-state index contributed by atoms with van der Waals surface area (Å²) >= 11 is 0. The largest absolute Gasteiger partial charge is 0.298 e. The summed E-state index contributed by atoms with van der Waals surface area (Å²) in [7, 11) is 2.02. The average Bonchev–Trinajstić information content (AvgIpc) is 2.03. The molecule has 0 aliphatic rings. The Kier molecular flexibility index (Phi) is 4.46. The van der Waals surface area contributed by atoms with Gasteiger partial charge in [-0.15, -0.1) is 0 Å². The van der Waals surface area contributed by atoms with Crippen molar-refractivity contribution in [3.8, 4) is 0 Å². The number of rotatable bonds is 5. The molecule has 0 N–H and O–H groups in total. The van der Waals surface area contributed by atoms with Crippen LogP contribution < -0.4 is 0 Å². The van der Waals surface area contributed by atoms with Gasteiger partial charge in [-0.3, -0.25) is 9.69 Å². The molecule has 0 saturated heterocycles. The molecule has 72 valence electrons. The van der Waals surface area contributed by atoms with E-state index >= 15 is 0 Å². The number of carbonyl (C=O) groups excluding carboxylic acids is 1. The van der Waals surface area contributed by atoms with Crippen molar-refractivity contribution in [2.45, 2.75) is 46.1 Å². The standard InChI is InChI=1S/C10H21NO/c1-6-8-11(5)10(4,7-2)9(3)12/h6-8H2,1-5H3. The van der Waals surface area contributed by atoms with E-state index in [4.69, 9.17) is 0 Å². The lowest BCUT2D eigenvalue weighted by atomic mass is 9.92. The van der Waals surface area contributed by atoms with Gasteiger partial charge in [0.1, 0.15) is 5.78 Å². The summed E-state index contributed by atoms with van der Waals surface area (Å²) in [5.41, 5.74) is -0.254. The minimum atomic E-state index is -0.254. The molecule has 0 fully saturated rings. The van der Waals surface area contributed by atoms with Crippen molar-refractivity contribution in [3.05, 3.63) is 0 Å². The van der Waals surface area contributed by atoms with Gasteiger partial charge in [-0.2, -0.15) is 0 Å². The zero-order valence-electron chi connectivity index (χ0n) is 8.98. The maximum Gasteiger partial charge on any atom is 0.149 e. The van der Waals surface area contributed by atoms with Crippen molar-refractivity contribution in [2.24, 2.45) is 0 Å². The second kappa shape index (κ2) is 4.61. The summed E-state index contributed by atoms with van der Waals surface area (Å²) in [4.78, 5) is 13.5. The molecule has 0 amide bonds. The highest BCUT2D eigenvalue weighted by molar-refractivity contribution is 5.85. The normalized spacial score (nSPS) is 16.2. The zero-order valence-corrected chi connectivity index (χ0v) is 8.98. The first-order chi connectivity index (χ1) is 5.49. The van der Waals surface area contributed by atoms with Crippen LogP contribution in [0.4, 0.5) is 0 Å². The number of Topliss-reactive ketones (excluding diaryl/α,β-unsaturated/α-hetero) is 1. The number of likely N-dealkylation sites (N-methyl/N-ethyl adjacent to an activating group) is 1. The molecular formula is C10H21NO. The lowest BCUT2D eigenvalue weighted by Gasteiger charge is -2.35. The van der Waals surface area contributed by atoms with Gasteiger partial charge in [-0.1, -0.05) is 13.8 Å². The summed E-state index contributed by atoms with van der Waals surface area (Å²) in [6.45, 7) is 8.88. The molecule has 0 aromatic rings. The highest BCUT2D eigenvalue weighted by Crippen LogP contribution is 2.18. The monoisotopic (exact) mass is 171 g/mol. The minimum absolute atomic E-state index is 0.254. The van der Waals surface area contributed by atoms with Gasteiger partial charge in [-0.25, -0.2) is 0 Å². The van der Waals surface area contributed by atoms with E-state index in [1.165, 1.54) is 0 Å². The summed E-state index contributed by atoms with van der Waals surface area (Å²) < 4.78 is 0. The molecule has 0 radical (unpaired) electrons. The molecule has 0 aliphatic heterocycles. The molecule has 0 bridgehead atoms. The Hall–Kier alpha value is -0.370. The molecule has 0 saturated carbocycles. The van der Waals surface area contributed by atoms with E-state index in [0.29, 0.717) is 0 Å². The Bertz CT molecular complexity index is 156. The molecule has 0 heterocycles. The van der Waals surface area contributed by atoms with Crippen LogP contribution in [0.25, 0.3) is 0 Å². The maximum absolute atomic E-state index is 11.4. The molecule has 12 heavy (non-hydrogen) atoms. The van der Waals surface area contributed by atoms with Crippen molar-refractivity contribution >= 4 is 5.78 Å². The SMILES string of the molecule is CCCN(C)C(C)(CC)C(C)=O. The molecule has 2 nitrogen and oxygen atoms in total. The van der Waals surface area contributed by atoms with Gasteiger partial charge in [-0.05, 0) is 40.3 Å². The number of hydrogen-bond donors (Lipinski definition) is 0. The number of nitrogens with zero attached hydrogens (tertiary/aromatic N) is 1. The number of hydrogen-bond acceptors (Lipinski definition) is 2. The minimum Gasteiger partial charge on any atom is -0.298 e. The molecule has 0 aliphatic carbocycles. The van der Waals surface area contributed by atoms with E-state index in [2.05, 4.69) is 18.7 Å². The Morgan fingerprint density at radius 1 is 1.42 bits per heavy atom. The van der Waals surface area contributed by atoms with Gasteiger partial charge in [0.05, 0.1) is 5.54 Å². The first kappa shape index (κ1) is 11.6. The molecule has 1 atom stereocenters. The molecule has 2 heteroatoms. The van der Waals surface area contributed by atoms with Crippen molar-refractivity contribution in [1.29, 1.82) is 0 Å². The highest BCUT2D eigenvalue weighted by atomic mass is 16.1. The Labute approximate surface area is 75.9 Å². The highest BCUT2D eigenvalue weighted by Gasteiger charge is 2.31. The first-order valence-corrected chi connectivity index (χ1v) is 4.71. The fourth-order valence-electron chi connectivity index (χ4n) is 1.37. The molecule has 1 unspecified atom stereocenters. The Morgan fingerprint density at radius 2 is 1.92 bits per heavy atom. The summed E-state index contributed by atoms with van der Waals surface area (Å²) in [6, 6.07) is 0. The third-order valence-corrected chi connectivity index (χ3v) is 2.85.